The number of hydrogen-bond acceptors (Lipinski definition) is 7. The molecule has 4 rings (SSSR count). The average molecular weight is 508 g/mol. The van der Waals surface area contributed by atoms with Crippen molar-refractivity contribution in [3.8, 4) is 0 Å². The number of rotatable bonds is 7. The van der Waals surface area contributed by atoms with E-state index >= 15 is 0 Å². The van der Waals surface area contributed by atoms with Crippen LogP contribution in [-0.2, 0) is 9.63 Å². The van der Waals surface area contributed by atoms with Gasteiger partial charge in [-0.3, -0.25) is 14.4 Å². The van der Waals surface area contributed by atoms with Crippen LogP contribution in [0.3, 0.4) is 0 Å². The van der Waals surface area contributed by atoms with Crippen molar-refractivity contribution in [2.24, 2.45) is 5.41 Å². The number of piperazine rings is 1. The molecule has 0 radical (unpaired) electrons. The molecule has 2 amide bonds. The predicted molar refractivity (Wildman–Crippen MR) is 144 cm³/mol. The summed E-state index contributed by atoms with van der Waals surface area (Å²) in [6.45, 7) is 10.3. The third-order valence-electron chi connectivity index (χ3n) is 6.45. The topological polar surface area (TPSA) is 117 Å². The van der Waals surface area contributed by atoms with Gasteiger partial charge in [0.15, 0.2) is 0 Å². The summed E-state index contributed by atoms with van der Waals surface area (Å²) in [7, 11) is 0. The molecular weight excluding hydrogens is 470 g/mol. The molecule has 2 fully saturated rings. The highest BCUT2D eigenvalue weighted by Gasteiger charge is 2.25. The Morgan fingerprint density at radius 3 is 2.35 bits per heavy atom. The largest absolute Gasteiger partial charge is 0.398 e. The fourth-order valence-electron chi connectivity index (χ4n) is 4.17. The van der Waals surface area contributed by atoms with E-state index in [0.29, 0.717) is 55.1 Å². The van der Waals surface area contributed by atoms with Gasteiger partial charge < -0.3 is 26.1 Å². The first-order valence-electron chi connectivity index (χ1n) is 12.8. The number of nitrogens with zero attached hydrogens (tertiary/aromatic N) is 2. The Morgan fingerprint density at radius 2 is 1.70 bits per heavy atom. The Kier molecular flexibility index (Phi) is 7.73. The predicted octanol–water partition coefficient (Wildman–Crippen LogP) is 3.74. The molecule has 1 aliphatic heterocycles. The molecule has 1 aliphatic carbocycles. The lowest BCUT2D eigenvalue weighted by Crippen LogP contribution is -2.47. The van der Waals surface area contributed by atoms with Crippen LogP contribution in [0.15, 0.2) is 36.4 Å². The minimum atomic E-state index is -0.336. The number of aryl methyl sites for hydroxylation is 1. The lowest BCUT2D eigenvalue weighted by Gasteiger charge is -2.35. The Balaban J connectivity index is 1.39. The second-order valence-electron chi connectivity index (χ2n) is 11.1. The Morgan fingerprint density at radius 1 is 1.00 bits per heavy atom. The maximum atomic E-state index is 13.2. The molecule has 37 heavy (non-hydrogen) atoms. The van der Waals surface area contributed by atoms with Crippen molar-refractivity contribution >= 4 is 34.8 Å². The van der Waals surface area contributed by atoms with Crippen LogP contribution in [0.4, 0.5) is 17.1 Å². The molecule has 4 N–H and O–H groups in total. The number of nitrogens with one attached hydrogen (secondary N) is 2. The van der Waals surface area contributed by atoms with E-state index in [1.807, 2.05) is 39.8 Å². The second kappa shape index (κ2) is 10.8. The number of benzene rings is 2. The highest BCUT2D eigenvalue weighted by atomic mass is 16.7. The first-order valence-corrected chi connectivity index (χ1v) is 12.8. The van der Waals surface area contributed by atoms with Gasteiger partial charge in [-0.1, -0.05) is 26.8 Å². The number of anilines is 3. The summed E-state index contributed by atoms with van der Waals surface area (Å²) in [6, 6.07) is 10.9. The number of hydrogen-bond donors (Lipinski definition) is 3. The van der Waals surface area contributed by atoms with Crippen LogP contribution in [0.2, 0.25) is 0 Å². The summed E-state index contributed by atoms with van der Waals surface area (Å²) in [5.41, 5.74) is 9.59. The van der Waals surface area contributed by atoms with E-state index in [1.165, 1.54) is 0 Å². The zero-order valence-electron chi connectivity index (χ0n) is 22.1. The first kappa shape index (κ1) is 26.5. The third-order valence-corrected chi connectivity index (χ3v) is 6.45. The van der Waals surface area contributed by atoms with Crippen LogP contribution >= 0.6 is 0 Å². The number of hydroxylamine groups is 2. The summed E-state index contributed by atoms with van der Waals surface area (Å²) in [5.74, 6) is -0.698. The fraction of sp³-hybridized carbons (Fsp3) is 0.464. The van der Waals surface area contributed by atoms with Gasteiger partial charge in [0.25, 0.3) is 11.8 Å². The van der Waals surface area contributed by atoms with Gasteiger partial charge in [-0.25, -0.2) is 0 Å². The smallest absolute Gasteiger partial charge is 0.325 e. The Labute approximate surface area is 218 Å². The van der Waals surface area contributed by atoms with Crippen LogP contribution in [0, 0.1) is 12.3 Å². The molecule has 2 aliphatic rings. The van der Waals surface area contributed by atoms with Gasteiger partial charge >= 0.3 is 5.97 Å². The number of nitrogens with two attached hydrogens (primary N) is 1. The SMILES string of the molecule is Cc1ccc(C(=O)NC2CC2)cc1NC(=O)c1cc(N2CCN(OC(=O)CC(C)(C)C)CC2)ccc1N. The second-order valence-corrected chi connectivity index (χ2v) is 11.1. The highest BCUT2D eigenvalue weighted by molar-refractivity contribution is 6.09. The van der Waals surface area contributed by atoms with Crippen LogP contribution in [-0.4, -0.2) is 55.1 Å². The quantitative estimate of drug-likeness (QED) is 0.489. The third kappa shape index (κ3) is 7.22. The van der Waals surface area contributed by atoms with E-state index in [4.69, 9.17) is 10.6 Å². The molecule has 0 atom stereocenters. The molecule has 2 aromatic carbocycles. The summed E-state index contributed by atoms with van der Waals surface area (Å²) >= 11 is 0. The van der Waals surface area contributed by atoms with Crippen molar-refractivity contribution in [3.05, 3.63) is 53.1 Å². The van der Waals surface area contributed by atoms with E-state index in [0.717, 1.165) is 24.1 Å². The molecule has 9 nitrogen and oxygen atoms in total. The standard InChI is InChI=1S/C28H37N5O4/c1-18-5-6-19(26(35)30-20-7-8-20)15-24(18)31-27(36)22-16-21(9-10-23(22)29)32-11-13-33(14-12-32)37-25(34)17-28(2,3)4/h5-6,9-10,15-16,20H,7-8,11-14,17,29H2,1-4H3,(H,30,35)(H,31,36). The van der Waals surface area contributed by atoms with Crippen molar-refractivity contribution in [3.63, 3.8) is 0 Å². The van der Waals surface area contributed by atoms with Crippen LogP contribution in [0.25, 0.3) is 0 Å². The molecule has 1 heterocycles. The molecule has 1 saturated heterocycles. The molecule has 0 aromatic heterocycles. The molecule has 1 saturated carbocycles. The van der Waals surface area contributed by atoms with Crippen molar-refractivity contribution in [1.82, 2.24) is 10.4 Å². The summed E-state index contributed by atoms with van der Waals surface area (Å²) in [6.07, 6.45) is 2.37. The Bertz CT molecular complexity index is 1180. The summed E-state index contributed by atoms with van der Waals surface area (Å²) in [4.78, 5) is 45.5. The normalized spacial score (nSPS) is 16.3. The summed E-state index contributed by atoms with van der Waals surface area (Å²) in [5, 5.41) is 7.59. The van der Waals surface area contributed by atoms with Crippen molar-refractivity contribution < 1.29 is 19.2 Å². The van der Waals surface area contributed by atoms with Crippen LogP contribution in [0.1, 0.15) is 66.3 Å². The van der Waals surface area contributed by atoms with E-state index < -0.39 is 0 Å². The zero-order chi connectivity index (χ0) is 26.7. The monoisotopic (exact) mass is 507 g/mol. The maximum Gasteiger partial charge on any atom is 0.325 e. The van der Waals surface area contributed by atoms with Gasteiger partial charge in [0.05, 0.1) is 25.1 Å². The molecule has 0 bridgehead atoms. The van der Waals surface area contributed by atoms with Crippen molar-refractivity contribution in [1.29, 1.82) is 0 Å². The van der Waals surface area contributed by atoms with Crippen LogP contribution in [0.5, 0.6) is 0 Å². The van der Waals surface area contributed by atoms with E-state index in [1.54, 1.807) is 29.3 Å². The van der Waals surface area contributed by atoms with E-state index in [-0.39, 0.29) is 29.2 Å². The Hall–Kier alpha value is -3.59. The minimum absolute atomic E-state index is 0.122. The zero-order valence-corrected chi connectivity index (χ0v) is 22.1. The van der Waals surface area contributed by atoms with Gasteiger partial charge in [0, 0.05) is 41.8 Å². The number of nitrogen functional groups attached to an aromatic ring is 1. The lowest BCUT2D eigenvalue weighted by atomic mass is 9.93. The lowest BCUT2D eigenvalue weighted by molar-refractivity contribution is -0.193. The molecule has 9 heteroatoms. The molecular formula is C28H37N5O4. The first-order chi connectivity index (χ1) is 17.5. The van der Waals surface area contributed by atoms with E-state index in [2.05, 4.69) is 15.5 Å². The minimum Gasteiger partial charge on any atom is -0.398 e. The molecule has 198 valence electrons. The van der Waals surface area contributed by atoms with Crippen LogP contribution < -0.4 is 21.3 Å². The van der Waals surface area contributed by atoms with Gasteiger partial charge in [-0.2, -0.15) is 0 Å². The fourth-order valence-corrected chi connectivity index (χ4v) is 4.17. The molecule has 0 unspecified atom stereocenters. The number of amides is 2. The van der Waals surface area contributed by atoms with E-state index in [9.17, 15) is 14.4 Å². The summed E-state index contributed by atoms with van der Waals surface area (Å²) < 4.78 is 0. The van der Waals surface area contributed by atoms with Gasteiger partial charge in [-0.05, 0) is 61.1 Å². The maximum absolute atomic E-state index is 13.2. The average Bonchev–Trinajstić information content (AvgIpc) is 3.64. The number of carbonyl (C=O) groups excluding carboxylic acids is 3. The molecule has 2 aromatic rings. The number of carbonyl (C=O) groups is 3. The highest BCUT2D eigenvalue weighted by Crippen LogP contribution is 2.26. The molecule has 0 spiro atoms. The van der Waals surface area contributed by atoms with Crippen molar-refractivity contribution in [2.45, 2.75) is 53.0 Å². The van der Waals surface area contributed by atoms with Gasteiger partial charge in [-0.15, -0.1) is 5.06 Å². The van der Waals surface area contributed by atoms with Gasteiger partial charge in [0.2, 0.25) is 0 Å². The van der Waals surface area contributed by atoms with Crippen molar-refractivity contribution in [2.75, 3.05) is 42.1 Å². The van der Waals surface area contributed by atoms with Gasteiger partial charge in [0.1, 0.15) is 0 Å².